The van der Waals surface area contributed by atoms with Crippen LogP contribution in [0, 0.1) is 5.92 Å². The first-order valence-corrected chi connectivity index (χ1v) is 8.72. The quantitative estimate of drug-likeness (QED) is 0.760. The smallest absolute Gasteiger partial charge is 0.229 e. The van der Waals surface area contributed by atoms with E-state index in [0.717, 1.165) is 29.1 Å². The molecule has 3 aromatic rings. The van der Waals surface area contributed by atoms with Gasteiger partial charge in [-0.3, -0.25) is 14.5 Å². The number of aromatic nitrogens is 3. The largest absolute Gasteiger partial charge is 0.326 e. The second kappa shape index (κ2) is 7.09. The van der Waals surface area contributed by atoms with E-state index in [0.29, 0.717) is 6.54 Å². The van der Waals surface area contributed by atoms with Gasteiger partial charge in [0.1, 0.15) is 0 Å². The molecule has 0 saturated carbocycles. The summed E-state index contributed by atoms with van der Waals surface area (Å²) in [6.45, 7) is 1.46. The van der Waals surface area contributed by atoms with E-state index in [2.05, 4.69) is 20.7 Å². The third-order valence-electron chi connectivity index (χ3n) is 4.80. The molecule has 0 bridgehead atoms. The molecule has 132 valence electrons. The molecule has 0 radical (unpaired) electrons. The van der Waals surface area contributed by atoms with E-state index in [-0.39, 0.29) is 17.7 Å². The maximum absolute atomic E-state index is 12.9. The summed E-state index contributed by atoms with van der Waals surface area (Å²) in [5.74, 6) is 0.0423. The molecule has 1 saturated heterocycles. The van der Waals surface area contributed by atoms with Crippen LogP contribution in [0.25, 0.3) is 11.3 Å². The lowest BCUT2D eigenvalue weighted by atomic mass is 9.90. The Morgan fingerprint density at radius 2 is 2.08 bits per heavy atom. The Kier molecular flexibility index (Phi) is 4.50. The molecule has 2 aromatic heterocycles. The van der Waals surface area contributed by atoms with Gasteiger partial charge in [-0.2, -0.15) is 5.10 Å². The molecule has 0 unspecified atom stereocenters. The lowest BCUT2D eigenvalue weighted by molar-refractivity contribution is -0.119. The zero-order valence-electron chi connectivity index (χ0n) is 14.6. The van der Waals surface area contributed by atoms with Crippen molar-refractivity contribution < 1.29 is 4.79 Å². The number of amides is 1. The monoisotopic (exact) mass is 347 g/mol. The van der Waals surface area contributed by atoms with Gasteiger partial charge in [0, 0.05) is 49.7 Å². The summed E-state index contributed by atoms with van der Waals surface area (Å²) in [6.07, 6.45) is 5.55. The van der Waals surface area contributed by atoms with Crippen LogP contribution in [-0.4, -0.2) is 33.8 Å². The predicted molar refractivity (Wildman–Crippen MR) is 101 cm³/mol. The van der Waals surface area contributed by atoms with E-state index in [1.54, 1.807) is 10.9 Å². The normalized spacial score (nSPS) is 19.4. The second-order valence-electron chi connectivity index (χ2n) is 6.60. The number of aryl methyl sites for hydroxylation is 1. The number of benzene rings is 1. The molecule has 6 nitrogen and oxygen atoms in total. The minimum atomic E-state index is -0.118. The Morgan fingerprint density at radius 3 is 2.85 bits per heavy atom. The van der Waals surface area contributed by atoms with Crippen molar-refractivity contribution >= 4 is 11.6 Å². The number of carbonyl (C=O) groups is 1. The molecule has 4 rings (SSSR count). The number of hydrogen-bond acceptors (Lipinski definition) is 4. The predicted octanol–water partition coefficient (Wildman–Crippen LogP) is 2.42. The van der Waals surface area contributed by atoms with Gasteiger partial charge in [0.05, 0.1) is 17.8 Å². The fourth-order valence-electron chi connectivity index (χ4n) is 3.45. The summed E-state index contributed by atoms with van der Waals surface area (Å²) in [5.41, 5.74) is 3.73. The van der Waals surface area contributed by atoms with Crippen LogP contribution in [0.15, 0.2) is 61.1 Å². The molecule has 1 fully saturated rings. The second-order valence-corrected chi connectivity index (χ2v) is 6.60. The van der Waals surface area contributed by atoms with Crippen LogP contribution >= 0.6 is 0 Å². The van der Waals surface area contributed by atoms with E-state index in [1.807, 2.05) is 61.9 Å². The molecular formula is C20H21N5O. The van der Waals surface area contributed by atoms with Gasteiger partial charge in [-0.05, 0) is 17.7 Å². The van der Waals surface area contributed by atoms with Gasteiger partial charge in [0.15, 0.2) is 0 Å². The molecule has 0 spiro atoms. The van der Waals surface area contributed by atoms with E-state index < -0.39 is 0 Å². The van der Waals surface area contributed by atoms with Crippen molar-refractivity contribution in [3.05, 3.63) is 66.6 Å². The molecular weight excluding hydrogens is 326 g/mol. The summed E-state index contributed by atoms with van der Waals surface area (Å²) in [7, 11) is 1.89. The first-order valence-electron chi connectivity index (χ1n) is 8.72. The van der Waals surface area contributed by atoms with Crippen LogP contribution in [-0.2, 0) is 11.8 Å². The molecule has 26 heavy (non-hydrogen) atoms. The maximum atomic E-state index is 12.9. The van der Waals surface area contributed by atoms with Gasteiger partial charge in [-0.25, -0.2) is 0 Å². The highest BCUT2D eigenvalue weighted by atomic mass is 16.1. The molecule has 1 aliphatic heterocycles. The van der Waals surface area contributed by atoms with E-state index >= 15 is 0 Å². The molecule has 1 aliphatic rings. The fraction of sp³-hybridized carbons (Fsp3) is 0.250. The minimum Gasteiger partial charge on any atom is -0.326 e. The highest BCUT2D eigenvalue weighted by molar-refractivity contribution is 5.94. The zero-order chi connectivity index (χ0) is 17.9. The first kappa shape index (κ1) is 16.5. The molecule has 3 heterocycles. The number of anilines is 1. The van der Waals surface area contributed by atoms with Crippen molar-refractivity contribution in [2.45, 2.75) is 5.92 Å². The van der Waals surface area contributed by atoms with Crippen LogP contribution in [0.5, 0.6) is 0 Å². The van der Waals surface area contributed by atoms with Crippen LogP contribution in [0.4, 0.5) is 5.69 Å². The zero-order valence-corrected chi connectivity index (χ0v) is 14.6. The van der Waals surface area contributed by atoms with Gasteiger partial charge >= 0.3 is 0 Å². The third-order valence-corrected chi connectivity index (χ3v) is 4.80. The van der Waals surface area contributed by atoms with E-state index in [9.17, 15) is 4.79 Å². The van der Waals surface area contributed by atoms with Crippen molar-refractivity contribution in [2.75, 3.05) is 18.4 Å². The topological polar surface area (TPSA) is 71.8 Å². The fourth-order valence-corrected chi connectivity index (χ4v) is 3.45. The summed E-state index contributed by atoms with van der Waals surface area (Å²) < 4.78 is 1.78. The lowest BCUT2D eigenvalue weighted by Crippen LogP contribution is -2.28. The van der Waals surface area contributed by atoms with E-state index in [1.165, 1.54) is 0 Å². The molecule has 2 N–H and O–H groups in total. The Balaban J connectivity index is 1.51. The number of nitrogens with one attached hydrogen (secondary N) is 2. The van der Waals surface area contributed by atoms with Crippen LogP contribution in [0.1, 0.15) is 11.5 Å². The summed E-state index contributed by atoms with van der Waals surface area (Å²) >= 11 is 0. The van der Waals surface area contributed by atoms with Gasteiger partial charge in [0.2, 0.25) is 5.91 Å². The summed E-state index contributed by atoms with van der Waals surface area (Å²) in [5, 5.41) is 10.6. The average Bonchev–Trinajstić information content (AvgIpc) is 3.31. The van der Waals surface area contributed by atoms with Crippen molar-refractivity contribution in [1.29, 1.82) is 0 Å². The maximum Gasteiger partial charge on any atom is 0.229 e. The Morgan fingerprint density at radius 1 is 1.23 bits per heavy atom. The van der Waals surface area contributed by atoms with Crippen LogP contribution in [0.2, 0.25) is 0 Å². The molecule has 0 aliphatic carbocycles. The third kappa shape index (κ3) is 3.36. The summed E-state index contributed by atoms with van der Waals surface area (Å²) in [6, 6.07) is 13.7. The van der Waals surface area contributed by atoms with Gasteiger partial charge < -0.3 is 10.6 Å². The first-order chi connectivity index (χ1) is 12.7. The SMILES string of the molecule is Cn1cc([C@H]2CNC[C@@H]2C(=O)Nc2ccnc(-c3ccccc3)c2)cn1. The number of carbonyl (C=O) groups excluding carboxylic acids is 1. The Bertz CT molecular complexity index is 905. The highest BCUT2D eigenvalue weighted by Gasteiger charge is 2.34. The minimum absolute atomic E-state index is 0.0223. The van der Waals surface area contributed by atoms with Crippen molar-refractivity contribution in [3.63, 3.8) is 0 Å². The lowest BCUT2D eigenvalue weighted by Gasteiger charge is -2.17. The number of hydrogen-bond donors (Lipinski definition) is 2. The van der Waals surface area contributed by atoms with Crippen molar-refractivity contribution in [2.24, 2.45) is 13.0 Å². The van der Waals surface area contributed by atoms with Gasteiger partial charge in [0.25, 0.3) is 0 Å². The van der Waals surface area contributed by atoms with E-state index in [4.69, 9.17) is 0 Å². The molecule has 1 aromatic carbocycles. The Hall–Kier alpha value is -2.99. The van der Waals surface area contributed by atoms with Crippen LogP contribution in [0.3, 0.4) is 0 Å². The van der Waals surface area contributed by atoms with Gasteiger partial charge in [-0.1, -0.05) is 30.3 Å². The molecule has 6 heteroatoms. The molecule has 1 amide bonds. The number of pyridine rings is 1. The average molecular weight is 347 g/mol. The number of rotatable bonds is 4. The van der Waals surface area contributed by atoms with Crippen molar-refractivity contribution in [3.8, 4) is 11.3 Å². The number of nitrogens with zero attached hydrogens (tertiary/aromatic N) is 3. The standard InChI is InChI=1S/C20H21N5O/c1-25-13-15(10-23-25)17-11-21-12-18(17)20(26)24-16-7-8-22-19(9-16)14-5-3-2-4-6-14/h2-10,13,17-18,21H,11-12H2,1H3,(H,22,24,26)/t17-,18+/m1/s1. The highest BCUT2D eigenvalue weighted by Crippen LogP contribution is 2.29. The Labute approximate surface area is 152 Å². The van der Waals surface area contributed by atoms with Crippen molar-refractivity contribution in [1.82, 2.24) is 20.1 Å². The van der Waals surface area contributed by atoms with Gasteiger partial charge in [-0.15, -0.1) is 0 Å². The summed E-state index contributed by atoms with van der Waals surface area (Å²) in [4.78, 5) is 17.3. The molecule has 2 atom stereocenters. The van der Waals surface area contributed by atoms with Crippen LogP contribution < -0.4 is 10.6 Å².